The lowest BCUT2D eigenvalue weighted by atomic mass is 9.65. The summed E-state index contributed by atoms with van der Waals surface area (Å²) in [5.41, 5.74) is 2.47. The lowest BCUT2D eigenvalue weighted by molar-refractivity contribution is -0.384. The average molecular weight is 555 g/mol. The van der Waals surface area contributed by atoms with E-state index in [1.54, 1.807) is 18.2 Å². The van der Waals surface area contributed by atoms with Crippen LogP contribution < -0.4 is 24.3 Å². The molecule has 0 saturated carbocycles. The molecule has 12 heteroatoms. The van der Waals surface area contributed by atoms with Crippen LogP contribution in [0.2, 0.25) is 5.02 Å². The highest BCUT2D eigenvalue weighted by Gasteiger charge is 2.53. The van der Waals surface area contributed by atoms with Gasteiger partial charge in [0.2, 0.25) is 12.5 Å². The number of phenols is 1. The molecule has 3 aromatic carbocycles. The monoisotopic (exact) mass is 554 g/mol. The number of aromatic hydroxyl groups is 1. The van der Waals surface area contributed by atoms with Gasteiger partial charge in [-0.05, 0) is 41.0 Å². The number of benzene rings is 3. The number of nitrogens with zero attached hydrogens (tertiary/aromatic N) is 1. The van der Waals surface area contributed by atoms with Crippen LogP contribution in [0.25, 0.3) is 0 Å². The molecule has 2 heterocycles. The fourth-order valence-corrected chi connectivity index (χ4v) is 6.14. The lowest BCUT2D eigenvalue weighted by Gasteiger charge is -2.40. The van der Waals surface area contributed by atoms with E-state index in [0.29, 0.717) is 22.7 Å². The van der Waals surface area contributed by atoms with E-state index in [-0.39, 0.29) is 47.3 Å². The molecular weight excluding hydrogens is 532 g/mol. The van der Waals surface area contributed by atoms with Crippen LogP contribution in [0, 0.1) is 22.0 Å². The Labute approximate surface area is 227 Å². The predicted molar refractivity (Wildman–Crippen MR) is 138 cm³/mol. The van der Waals surface area contributed by atoms with Crippen molar-refractivity contribution < 1.29 is 38.5 Å². The standard InChI is InChI=1S/C27H23ClN2O9/c1-35-20-9-16(23(28)26(36-2)25(20)31)21-14-7-18-19(39-11-38-18)8-15(14)24(17-10-37-27(32)22(17)21)29-12-4-3-5-13(6-12)30(33)34/h3-9,17,21-22,24,29,31H,10-11H2,1-2H3/t17-,21-,22-,24+/m0/s1. The van der Waals surface area contributed by atoms with E-state index < -0.39 is 28.8 Å². The van der Waals surface area contributed by atoms with Crippen LogP contribution in [-0.2, 0) is 9.53 Å². The number of nitrogens with one attached hydrogen (secondary N) is 1. The zero-order valence-electron chi connectivity index (χ0n) is 20.8. The van der Waals surface area contributed by atoms with Gasteiger partial charge in [0.1, 0.15) is 0 Å². The van der Waals surface area contributed by atoms with Crippen LogP contribution in [0.5, 0.6) is 28.7 Å². The molecule has 1 saturated heterocycles. The van der Waals surface area contributed by atoms with Gasteiger partial charge in [0.15, 0.2) is 23.0 Å². The van der Waals surface area contributed by atoms with Crippen LogP contribution in [0.1, 0.15) is 28.7 Å². The van der Waals surface area contributed by atoms with Crippen LogP contribution >= 0.6 is 11.6 Å². The van der Waals surface area contributed by atoms with Gasteiger partial charge in [0.05, 0.1) is 42.7 Å². The number of anilines is 1. The summed E-state index contributed by atoms with van der Waals surface area (Å²) in [5, 5.41) is 25.5. The van der Waals surface area contributed by atoms with Gasteiger partial charge in [0.25, 0.3) is 5.69 Å². The number of phenolic OH excluding ortho intramolecular Hbond substituents is 1. The number of halogens is 1. The molecule has 0 spiro atoms. The minimum absolute atomic E-state index is 0.0214. The van der Waals surface area contributed by atoms with Crippen molar-refractivity contribution in [3.8, 4) is 28.7 Å². The van der Waals surface area contributed by atoms with Crippen LogP contribution in [0.4, 0.5) is 11.4 Å². The third kappa shape index (κ3) is 3.92. The Morgan fingerprint density at radius 1 is 1.05 bits per heavy atom. The summed E-state index contributed by atoms with van der Waals surface area (Å²) in [7, 11) is 2.79. The van der Waals surface area contributed by atoms with Gasteiger partial charge in [-0.1, -0.05) is 17.7 Å². The third-order valence-corrected chi connectivity index (χ3v) is 7.90. The number of ether oxygens (including phenoxy) is 5. The highest BCUT2D eigenvalue weighted by molar-refractivity contribution is 6.33. The van der Waals surface area contributed by atoms with E-state index in [2.05, 4.69) is 5.32 Å². The number of carbonyl (C=O) groups is 1. The Bertz CT molecular complexity index is 1510. The van der Waals surface area contributed by atoms with E-state index in [0.717, 1.165) is 11.1 Å². The smallest absolute Gasteiger partial charge is 0.310 e. The molecule has 4 atom stereocenters. The maximum Gasteiger partial charge on any atom is 0.310 e. The van der Waals surface area contributed by atoms with Crippen molar-refractivity contribution in [2.75, 3.05) is 32.9 Å². The van der Waals surface area contributed by atoms with Crippen molar-refractivity contribution in [2.45, 2.75) is 12.0 Å². The summed E-state index contributed by atoms with van der Waals surface area (Å²) < 4.78 is 27.7. The highest BCUT2D eigenvalue weighted by Crippen LogP contribution is 2.58. The van der Waals surface area contributed by atoms with Gasteiger partial charge in [-0.3, -0.25) is 14.9 Å². The second-order valence-electron chi connectivity index (χ2n) is 9.43. The first kappa shape index (κ1) is 24.9. The molecular formula is C27H23ClN2O9. The molecule has 39 heavy (non-hydrogen) atoms. The minimum Gasteiger partial charge on any atom is -0.502 e. The number of methoxy groups -OCH3 is 2. The number of non-ortho nitro benzene ring substituents is 1. The number of hydrogen-bond acceptors (Lipinski definition) is 10. The van der Waals surface area contributed by atoms with Crippen molar-refractivity contribution >= 4 is 28.9 Å². The lowest BCUT2D eigenvalue weighted by Crippen LogP contribution is -2.37. The first-order chi connectivity index (χ1) is 18.8. The van der Waals surface area contributed by atoms with Gasteiger partial charge in [-0.15, -0.1) is 0 Å². The number of rotatable bonds is 6. The molecule has 1 fully saturated rings. The van der Waals surface area contributed by atoms with Crippen molar-refractivity contribution in [3.63, 3.8) is 0 Å². The van der Waals surface area contributed by atoms with Gasteiger partial charge in [-0.2, -0.15) is 0 Å². The van der Waals surface area contributed by atoms with Crippen LogP contribution in [0.15, 0.2) is 42.5 Å². The summed E-state index contributed by atoms with van der Waals surface area (Å²) in [6.45, 7) is 0.160. The maximum absolute atomic E-state index is 13.3. The number of nitro benzene ring substituents is 1. The Hall–Kier alpha value is -4.38. The molecule has 0 aromatic heterocycles. The van der Waals surface area contributed by atoms with Gasteiger partial charge >= 0.3 is 5.97 Å². The van der Waals surface area contributed by atoms with Crippen molar-refractivity contribution in [3.05, 3.63) is 74.3 Å². The molecule has 0 radical (unpaired) electrons. The minimum atomic E-state index is -0.689. The van der Waals surface area contributed by atoms with Gasteiger partial charge < -0.3 is 34.1 Å². The first-order valence-corrected chi connectivity index (χ1v) is 12.4. The zero-order valence-corrected chi connectivity index (χ0v) is 21.6. The third-order valence-electron chi connectivity index (χ3n) is 7.51. The zero-order chi connectivity index (χ0) is 27.4. The number of esters is 1. The molecule has 202 valence electrons. The Kier molecular flexibility index (Phi) is 6.02. The number of nitro groups is 1. The summed E-state index contributed by atoms with van der Waals surface area (Å²) in [6, 6.07) is 11.0. The number of carbonyl (C=O) groups excluding carboxylic acids is 1. The molecule has 6 rings (SSSR count). The van der Waals surface area contributed by atoms with Crippen molar-refractivity contribution in [1.29, 1.82) is 0 Å². The summed E-state index contributed by atoms with van der Waals surface area (Å²) >= 11 is 6.78. The van der Waals surface area contributed by atoms with E-state index >= 15 is 0 Å². The normalized spacial score (nSPS) is 22.5. The number of cyclic esters (lactones) is 1. The van der Waals surface area contributed by atoms with Crippen molar-refractivity contribution in [2.24, 2.45) is 11.8 Å². The fourth-order valence-electron chi connectivity index (χ4n) is 5.80. The van der Waals surface area contributed by atoms with Crippen molar-refractivity contribution in [1.82, 2.24) is 0 Å². The van der Waals surface area contributed by atoms with Crippen LogP contribution in [-0.4, -0.2) is 43.6 Å². The van der Waals surface area contributed by atoms with E-state index in [1.807, 2.05) is 12.1 Å². The highest BCUT2D eigenvalue weighted by atomic mass is 35.5. The molecule has 2 N–H and O–H groups in total. The molecule has 0 bridgehead atoms. The second kappa shape index (κ2) is 9.42. The molecule has 3 aromatic rings. The van der Waals surface area contributed by atoms with E-state index in [1.165, 1.54) is 26.4 Å². The topological polar surface area (TPSA) is 139 Å². The molecule has 0 amide bonds. The molecule has 0 unspecified atom stereocenters. The number of hydrogen-bond donors (Lipinski definition) is 2. The average Bonchev–Trinajstić information content (AvgIpc) is 3.55. The first-order valence-electron chi connectivity index (χ1n) is 12.1. The molecule has 1 aliphatic carbocycles. The largest absolute Gasteiger partial charge is 0.502 e. The summed E-state index contributed by atoms with van der Waals surface area (Å²) in [5.74, 6) is -1.16. The molecule has 11 nitrogen and oxygen atoms in total. The number of fused-ring (bicyclic) bond motifs is 3. The Balaban J connectivity index is 1.56. The predicted octanol–water partition coefficient (Wildman–Crippen LogP) is 4.79. The van der Waals surface area contributed by atoms with Gasteiger partial charge in [-0.25, -0.2) is 0 Å². The summed E-state index contributed by atoms with van der Waals surface area (Å²) in [6.07, 6.45) is 0. The summed E-state index contributed by atoms with van der Waals surface area (Å²) in [4.78, 5) is 24.2. The molecule has 2 aliphatic heterocycles. The quantitative estimate of drug-likeness (QED) is 0.248. The second-order valence-corrected chi connectivity index (χ2v) is 9.80. The van der Waals surface area contributed by atoms with Crippen LogP contribution in [0.3, 0.4) is 0 Å². The van der Waals surface area contributed by atoms with E-state index in [4.69, 9.17) is 35.3 Å². The maximum atomic E-state index is 13.3. The Morgan fingerprint density at radius 2 is 1.79 bits per heavy atom. The van der Waals surface area contributed by atoms with E-state index in [9.17, 15) is 20.0 Å². The Morgan fingerprint density at radius 3 is 2.49 bits per heavy atom. The van der Waals surface area contributed by atoms with Gasteiger partial charge in [0, 0.05) is 29.7 Å². The SMILES string of the molecule is COc1cc([C@@H]2c3cc4c(cc3[C@@H](Nc3cccc([N+](=O)[O-])c3)[C@H]3COC(=O)[C@H]23)OCO4)c(Cl)c(OC)c1O. The fraction of sp³-hybridized carbons (Fsp3) is 0.296. The molecule has 3 aliphatic rings.